The van der Waals surface area contributed by atoms with E-state index in [1.54, 1.807) is 12.1 Å². The number of nitrogens with zero attached hydrogens (tertiary/aromatic N) is 2. The van der Waals surface area contributed by atoms with Crippen LogP contribution in [0.15, 0.2) is 42.5 Å². The van der Waals surface area contributed by atoms with Crippen LogP contribution < -0.4 is 10.2 Å². The van der Waals surface area contributed by atoms with E-state index in [1.807, 2.05) is 37.3 Å². The molecule has 2 aromatic carbocycles. The number of piperidine rings is 1. The van der Waals surface area contributed by atoms with E-state index in [-0.39, 0.29) is 17.9 Å². The fraction of sp³-hybridized carbons (Fsp3) is 0.364. The van der Waals surface area contributed by atoms with Gasteiger partial charge in [0.1, 0.15) is 0 Å². The molecule has 28 heavy (non-hydrogen) atoms. The Kier molecular flexibility index (Phi) is 6.83. The van der Waals surface area contributed by atoms with Crippen molar-refractivity contribution < 1.29 is 4.79 Å². The van der Waals surface area contributed by atoms with Crippen molar-refractivity contribution in [2.75, 3.05) is 18.0 Å². The van der Waals surface area contributed by atoms with Crippen LogP contribution in [0.4, 0.5) is 5.69 Å². The lowest BCUT2D eigenvalue weighted by molar-refractivity contribution is -0.125. The molecule has 0 radical (unpaired) electrons. The van der Waals surface area contributed by atoms with Crippen molar-refractivity contribution in [3.63, 3.8) is 0 Å². The van der Waals surface area contributed by atoms with Crippen LogP contribution in [0.3, 0.4) is 0 Å². The number of hydrogen-bond acceptors (Lipinski definition) is 3. The maximum absolute atomic E-state index is 12.6. The third-order valence-electron chi connectivity index (χ3n) is 5.19. The van der Waals surface area contributed by atoms with Crippen molar-refractivity contribution in [3.05, 3.63) is 63.6 Å². The van der Waals surface area contributed by atoms with Crippen molar-refractivity contribution in [1.29, 1.82) is 5.26 Å². The molecule has 0 aromatic heterocycles. The van der Waals surface area contributed by atoms with Crippen molar-refractivity contribution in [2.45, 2.75) is 32.2 Å². The summed E-state index contributed by atoms with van der Waals surface area (Å²) in [5.74, 6) is -0.0990. The first kappa shape index (κ1) is 20.5. The molecule has 0 saturated carbocycles. The molecule has 1 saturated heterocycles. The second kappa shape index (κ2) is 9.32. The van der Waals surface area contributed by atoms with E-state index in [9.17, 15) is 4.79 Å². The molecule has 1 unspecified atom stereocenters. The van der Waals surface area contributed by atoms with E-state index in [4.69, 9.17) is 28.5 Å². The van der Waals surface area contributed by atoms with Crippen LogP contribution in [0.1, 0.15) is 30.9 Å². The first-order valence-corrected chi connectivity index (χ1v) is 10.2. The van der Waals surface area contributed by atoms with Crippen LogP contribution in [0, 0.1) is 17.2 Å². The summed E-state index contributed by atoms with van der Waals surface area (Å²) in [5, 5.41) is 13.3. The summed E-state index contributed by atoms with van der Waals surface area (Å²) in [6.45, 7) is 3.69. The highest BCUT2D eigenvalue weighted by atomic mass is 35.5. The Morgan fingerprint density at radius 1 is 1.21 bits per heavy atom. The van der Waals surface area contributed by atoms with Gasteiger partial charge in [-0.15, -0.1) is 0 Å². The van der Waals surface area contributed by atoms with Crippen LogP contribution in [-0.2, 0) is 11.2 Å². The number of rotatable bonds is 5. The zero-order chi connectivity index (χ0) is 20.1. The molecule has 6 heteroatoms. The molecule has 146 valence electrons. The smallest absolute Gasteiger partial charge is 0.223 e. The van der Waals surface area contributed by atoms with Gasteiger partial charge in [0.2, 0.25) is 5.91 Å². The number of anilines is 1. The lowest BCUT2D eigenvalue weighted by atomic mass is 9.98. The van der Waals surface area contributed by atoms with Crippen molar-refractivity contribution in [1.82, 2.24) is 5.32 Å². The van der Waals surface area contributed by atoms with Gasteiger partial charge < -0.3 is 10.2 Å². The van der Waals surface area contributed by atoms with Crippen LogP contribution >= 0.6 is 23.2 Å². The summed E-state index contributed by atoms with van der Waals surface area (Å²) >= 11 is 12.2. The lowest BCUT2D eigenvalue weighted by Gasteiger charge is -2.34. The number of carbonyl (C=O) groups is 1. The van der Waals surface area contributed by atoms with E-state index in [1.165, 1.54) is 0 Å². The highest BCUT2D eigenvalue weighted by Gasteiger charge is 2.23. The fourth-order valence-corrected chi connectivity index (χ4v) is 3.97. The molecule has 0 bridgehead atoms. The summed E-state index contributed by atoms with van der Waals surface area (Å²) < 4.78 is 0. The second-order valence-corrected chi connectivity index (χ2v) is 8.11. The molecule has 1 aliphatic rings. The van der Waals surface area contributed by atoms with E-state index in [2.05, 4.69) is 16.3 Å². The minimum atomic E-state index is -0.157. The summed E-state index contributed by atoms with van der Waals surface area (Å²) in [5.41, 5.74) is 2.72. The lowest BCUT2D eigenvalue weighted by Crippen LogP contribution is -2.46. The SMILES string of the molecule is CC(Cc1ccc(Cl)cc1Cl)C(=O)NC1CCN(c2ccc(C#N)cc2)CC1. The predicted octanol–water partition coefficient (Wildman–Crippen LogP) is 4.83. The zero-order valence-electron chi connectivity index (χ0n) is 15.8. The molecule has 2 aromatic rings. The summed E-state index contributed by atoms with van der Waals surface area (Å²) in [6.07, 6.45) is 2.40. The van der Waals surface area contributed by atoms with Crippen molar-refractivity contribution in [2.24, 2.45) is 5.92 Å². The topological polar surface area (TPSA) is 56.1 Å². The standard InChI is InChI=1S/C22H23Cl2N3O/c1-15(12-17-4-5-18(23)13-21(17)24)22(28)26-19-8-10-27(11-9-19)20-6-2-16(14-25)3-7-20/h2-7,13,15,19H,8-12H2,1H3,(H,26,28). The molecular formula is C22H23Cl2N3O. The largest absolute Gasteiger partial charge is 0.371 e. The minimum absolute atomic E-state index is 0.0582. The van der Waals surface area contributed by atoms with E-state index >= 15 is 0 Å². The van der Waals surface area contributed by atoms with Gasteiger partial charge in [0, 0.05) is 40.8 Å². The molecule has 4 nitrogen and oxygen atoms in total. The van der Waals surface area contributed by atoms with Gasteiger partial charge in [-0.2, -0.15) is 5.26 Å². The Morgan fingerprint density at radius 2 is 1.89 bits per heavy atom. The Bertz CT molecular complexity index is 868. The molecule has 1 aliphatic heterocycles. The predicted molar refractivity (Wildman–Crippen MR) is 114 cm³/mol. The van der Waals surface area contributed by atoms with Gasteiger partial charge in [-0.3, -0.25) is 4.79 Å². The highest BCUT2D eigenvalue weighted by molar-refractivity contribution is 6.35. The van der Waals surface area contributed by atoms with Gasteiger partial charge in [0.15, 0.2) is 0 Å². The minimum Gasteiger partial charge on any atom is -0.371 e. The number of amides is 1. The number of benzene rings is 2. The van der Waals surface area contributed by atoms with Crippen LogP contribution in [-0.4, -0.2) is 25.0 Å². The quantitative estimate of drug-likeness (QED) is 0.760. The first-order chi connectivity index (χ1) is 13.5. The Morgan fingerprint density at radius 3 is 2.50 bits per heavy atom. The second-order valence-electron chi connectivity index (χ2n) is 7.27. The average Bonchev–Trinajstić information content (AvgIpc) is 2.70. The Labute approximate surface area is 176 Å². The third-order valence-corrected chi connectivity index (χ3v) is 5.78. The van der Waals surface area contributed by atoms with Crippen molar-refractivity contribution in [3.8, 4) is 6.07 Å². The van der Waals surface area contributed by atoms with Gasteiger partial charge in [0.25, 0.3) is 0 Å². The summed E-state index contributed by atoms with van der Waals surface area (Å²) in [7, 11) is 0. The van der Waals surface area contributed by atoms with Crippen LogP contribution in [0.2, 0.25) is 10.0 Å². The molecule has 0 aliphatic carbocycles. The number of hydrogen-bond donors (Lipinski definition) is 1. The van der Waals surface area contributed by atoms with Gasteiger partial charge >= 0.3 is 0 Å². The maximum Gasteiger partial charge on any atom is 0.223 e. The summed E-state index contributed by atoms with van der Waals surface area (Å²) in [4.78, 5) is 14.9. The average molecular weight is 416 g/mol. The molecule has 3 rings (SSSR count). The fourth-order valence-electron chi connectivity index (χ4n) is 3.48. The highest BCUT2D eigenvalue weighted by Crippen LogP contribution is 2.24. The number of carbonyl (C=O) groups excluding carboxylic acids is 1. The molecule has 1 fully saturated rings. The number of nitrogens with one attached hydrogen (secondary N) is 1. The van der Waals surface area contributed by atoms with E-state index in [0.717, 1.165) is 37.2 Å². The maximum atomic E-state index is 12.6. The normalized spacial score (nSPS) is 15.7. The van der Waals surface area contributed by atoms with Crippen LogP contribution in [0.5, 0.6) is 0 Å². The van der Waals surface area contributed by atoms with Gasteiger partial charge in [-0.25, -0.2) is 0 Å². The monoisotopic (exact) mass is 415 g/mol. The summed E-state index contributed by atoms with van der Waals surface area (Å²) in [6, 6.07) is 15.4. The zero-order valence-corrected chi connectivity index (χ0v) is 17.3. The van der Waals surface area contributed by atoms with Gasteiger partial charge in [-0.1, -0.05) is 36.2 Å². The van der Waals surface area contributed by atoms with Crippen LogP contribution in [0.25, 0.3) is 0 Å². The molecule has 1 heterocycles. The molecule has 1 N–H and O–H groups in total. The molecule has 0 spiro atoms. The number of nitriles is 1. The van der Waals surface area contributed by atoms with Gasteiger partial charge in [-0.05, 0) is 61.2 Å². The molecule has 1 atom stereocenters. The Hall–Kier alpha value is -2.22. The van der Waals surface area contributed by atoms with E-state index in [0.29, 0.717) is 22.0 Å². The van der Waals surface area contributed by atoms with E-state index < -0.39 is 0 Å². The van der Waals surface area contributed by atoms with Crippen molar-refractivity contribution >= 4 is 34.8 Å². The molecule has 1 amide bonds. The third kappa shape index (κ3) is 5.19. The van der Waals surface area contributed by atoms with Gasteiger partial charge in [0.05, 0.1) is 11.6 Å². The Balaban J connectivity index is 1.49. The first-order valence-electron chi connectivity index (χ1n) is 9.45. The number of halogens is 2. The molecular weight excluding hydrogens is 393 g/mol.